The molecule has 0 bridgehead atoms. The zero-order chi connectivity index (χ0) is 17.4. The second-order valence-electron chi connectivity index (χ2n) is 4.91. The molecular weight excluding hydrogens is 402 g/mol. The van der Waals surface area contributed by atoms with Gasteiger partial charge in [0.25, 0.3) is 5.91 Å². The maximum Gasteiger partial charge on any atom is 0.404 e. The minimum Gasteiger partial charge on any atom is -0.460 e. The zero-order valence-corrected chi connectivity index (χ0v) is 14.6. The van der Waals surface area contributed by atoms with Crippen LogP contribution in [0.2, 0.25) is 0 Å². The molecule has 1 fully saturated rings. The number of aromatic nitrogens is 2. The summed E-state index contributed by atoms with van der Waals surface area (Å²) in [5.41, 5.74) is 0.320. The van der Waals surface area contributed by atoms with E-state index in [1.807, 2.05) is 0 Å². The van der Waals surface area contributed by atoms with Crippen LogP contribution in [0.25, 0.3) is 6.08 Å². The van der Waals surface area contributed by atoms with Crippen LogP contribution in [0, 0.1) is 10.1 Å². The van der Waals surface area contributed by atoms with Gasteiger partial charge in [-0.25, -0.2) is 0 Å². The van der Waals surface area contributed by atoms with Crippen LogP contribution in [0.5, 0.6) is 0 Å². The number of hydrogen-bond acceptors (Lipinski definition) is 6. The van der Waals surface area contributed by atoms with E-state index in [2.05, 4.69) is 26.3 Å². The number of furan rings is 1. The highest BCUT2D eigenvalue weighted by molar-refractivity contribution is 9.10. The molecule has 1 amide bonds. The molecular formula is C13H10BrN5O4S. The Bertz CT molecular complexity index is 887. The first kappa shape index (κ1) is 16.3. The molecule has 1 saturated heterocycles. The van der Waals surface area contributed by atoms with Gasteiger partial charge in [-0.05, 0) is 45.2 Å². The molecule has 1 N–H and O–H groups in total. The van der Waals surface area contributed by atoms with Crippen molar-refractivity contribution in [2.75, 3.05) is 7.05 Å². The predicted octanol–water partition coefficient (Wildman–Crippen LogP) is 1.88. The molecule has 2 aromatic heterocycles. The molecule has 0 radical (unpaired) electrons. The lowest BCUT2D eigenvalue weighted by Crippen LogP contribution is -2.25. The van der Waals surface area contributed by atoms with Crippen molar-refractivity contribution in [1.29, 1.82) is 0 Å². The number of halogens is 1. The first-order chi connectivity index (χ1) is 11.3. The van der Waals surface area contributed by atoms with Gasteiger partial charge in [0.2, 0.25) is 0 Å². The maximum atomic E-state index is 11.9. The van der Waals surface area contributed by atoms with E-state index in [0.29, 0.717) is 26.8 Å². The van der Waals surface area contributed by atoms with Gasteiger partial charge in [-0.3, -0.25) is 9.69 Å². The van der Waals surface area contributed by atoms with Crippen LogP contribution in [0.15, 0.2) is 32.9 Å². The zero-order valence-electron chi connectivity index (χ0n) is 12.2. The van der Waals surface area contributed by atoms with Crippen molar-refractivity contribution in [3.05, 3.63) is 50.1 Å². The van der Waals surface area contributed by atoms with Gasteiger partial charge in [-0.15, -0.1) is 0 Å². The number of amides is 1. The fourth-order valence-corrected chi connectivity index (χ4v) is 2.73. The Morgan fingerprint density at radius 3 is 2.88 bits per heavy atom. The Labute approximate surface area is 149 Å². The molecule has 124 valence electrons. The van der Waals surface area contributed by atoms with Crippen LogP contribution in [-0.2, 0) is 11.3 Å². The number of nitro groups is 1. The molecule has 3 heterocycles. The number of thiocarbonyl (C=S) groups is 1. The van der Waals surface area contributed by atoms with Crippen LogP contribution in [0.4, 0.5) is 5.82 Å². The fourth-order valence-electron chi connectivity index (χ4n) is 2.07. The van der Waals surface area contributed by atoms with E-state index >= 15 is 0 Å². The van der Waals surface area contributed by atoms with E-state index < -0.39 is 4.92 Å². The highest BCUT2D eigenvalue weighted by Gasteiger charge is 2.27. The van der Waals surface area contributed by atoms with Gasteiger partial charge in [0.05, 0.1) is 11.3 Å². The summed E-state index contributed by atoms with van der Waals surface area (Å²) in [6, 6.07) is 3.39. The summed E-state index contributed by atoms with van der Waals surface area (Å²) in [6.45, 7) is 0.218. The molecule has 0 unspecified atom stereocenters. The Kier molecular flexibility index (Phi) is 4.20. The highest BCUT2D eigenvalue weighted by atomic mass is 79.9. The molecule has 3 rings (SSSR count). The predicted molar refractivity (Wildman–Crippen MR) is 90.9 cm³/mol. The van der Waals surface area contributed by atoms with Crippen molar-refractivity contribution in [2.45, 2.75) is 6.54 Å². The number of rotatable bonds is 4. The van der Waals surface area contributed by atoms with Crippen molar-refractivity contribution in [2.24, 2.45) is 0 Å². The summed E-state index contributed by atoms with van der Waals surface area (Å²) < 4.78 is 7.28. The number of carbonyl (C=O) groups excluding carboxylic acids is 1. The summed E-state index contributed by atoms with van der Waals surface area (Å²) >= 11 is 8.08. The highest BCUT2D eigenvalue weighted by Crippen LogP contribution is 2.23. The monoisotopic (exact) mass is 411 g/mol. The lowest BCUT2D eigenvalue weighted by molar-refractivity contribution is -0.390. The summed E-state index contributed by atoms with van der Waals surface area (Å²) in [5, 5.41) is 17.8. The lowest BCUT2D eigenvalue weighted by atomic mass is 10.3. The number of hydrogen-bond donors (Lipinski definition) is 1. The Balaban J connectivity index is 1.77. The summed E-state index contributed by atoms with van der Waals surface area (Å²) in [6.07, 6.45) is 3.04. The standard InChI is InChI=1S/C13H10BrN5O4S/c1-17-12(20)10(15-13(17)24)4-7-2-3-8(23-7)5-18-6-9(14)11(16-18)19(21)22/h2-4,6H,5H2,1H3,(H,15,24)/b10-4+. The maximum absolute atomic E-state index is 11.9. The van der Waals surface area contributed by atoms with Gasteiger partial charge in [-0.1, -0.05) is 0 Å². The molecule has 0 aliphatic carbocycles. The van der Waals surface area contributed by atoms with Crippen molar-refractivity contribution < 1.29 is 14.1 Å². The molecule has 1 aliphatic heterocycles. The number of likely N-dealkylation sites (N-methyl/N-ethyl adjacent to an activating group) is 1. The molecule has 2 aromatic rings. The van der Waals surface area contributed by atoms with Crippen LogP contribution >= 0.6 is 28.1 Å². The normalized spacial score (nSPS) is 16.1. The van der Waals surface area contributed by atoms with Gasteiger partial charge in [0, 0.05) is 13.1 Å². The van der Waals surface area contributed by atoms with Crippen molar-refractivity contribution >= 4 is 51.1 Å². The smallest absolute Gasteiger partial charge is 0.404 e. The van der Waals surface area contributed by atoms with Crippen molar-refractivity contribution in [1.82, 2.24) is 20.0 Å². The average Bonchev–Trinajstić information content (AvgIpc) is 3.17. The molecule has 1 aliphatic rings. The molecule has 0 atom stereocenters. The third-order valence-corrected chi connectivity index (χ3v) is 4.18. The van der Waals surface area contributed by atoms with E-state index in [1.54, 1.807) is 25.3 Å². The lowest BCUT2D eigenvalue weighted by Gasteiger charge is -2.02. The van der Waals surface area contributed by atoms with Crippen molar-refractivity contribution in [3.63, 3.8) is 0 Å². The summed E-state index contributed by atoms with van der Waals surface area (Å²) in [4.78, 5) is 23.4. The van der Waals surface area contributed by atoms with E-state index in [9.17, 15) is 14.9 Å². The Hall–Kier alpha value is -2.53. The molecule has 11 heteroatoms. The van der Waals surface area contributed by atoms with Crippen LogP contribution < -0.4 is 5.32 Å². The van der Waals surface area contributed by atoms with Gasteiger partial charge < -0.3 is 19.8 Å². The quantitative estimate of drug-likeness (QED) is 0.354. The average molecular weight is 412 g/mol. The molecule has 9 nitrogen and oxygen atoms in total. The third-order valence-electron chi connectivity index (χ3n) is 3.24. The topological polar surface area (TPSA) is 106 Å². The summed E-state index contributed by atoms with van der Waals surface area (Å²) in [5.74, 6) is 0.485. The third kappa shape index (κ3) is 3.08. The molecule has 0 spiro atoms. The van der Waals surface area contributed by atoms with Crippen molar-refractivity contribution in [3.8, 4) is 0 Å². The second kappa shape index (κ2) is 6.17. The summed E-state index contributed by atoms with van der Waals surface area (Å²) in [7, 11) is 1.58. The first-order valence-corrected chi connectivity index (χ1v) is 7.82. The molecule has 0 aromatic carbocycles. The molecule has 24 heavy (non-hydrogen) atoms. The minimum absolute atomic E-state index is 0.218. The number of nitrogens with one attached hydrogen (secondary N) is 1. The van der Waals surface area contributed by atoms with Gasteiger partial charge in [-0.2, -0.15) is 4.68 Å². The van der Waals surface area contributed by atoms with Gasteiger partial charge in [0.15, 0.2) is 5.11 Å². The second-order valence-corrected chi connectivity index (χ2v) is 6.15. The van der Waals surface area contributed by atoms with Crippen LogP contribution in [-0.4, -0.2) is 37.7 Å². The van der Waals surface area contributed by atoms with E-state index in [4.69, 9.17) is 16.6 Å². The fraction of sp³-hybridized carbons (Fsp3) is 0.154. The van der Waals surface area contributed by atoms with E-state index in [-0.39, 0.29) is 18.3 Å². The largest absolute Gasteiger partial charge is 0.460 e. The number of carbonyl (C=O) groups is 1. The number of nitrogens with zero attached hydrogens (tertiary/aromatic N) is 4. The van der Waals surface area contributed by atoms with Crippen LogP contribution in [0.1, 0.15) is 11.5 Å². The van der Waals surface area contributed by atoms with Crippen LogP contribution in [0.3, 0.4) is 0 Å². The molecule has 0 saturated carbocycles. The Morgan fingerprint density at radius 2 is 2.29 bits per heavy atom. The van der Waals surface area contributed by atoms with Gasteiger partial charge >= 0.3 is 5.82 Å². The van der Waals surface area contributed by atoms with E-state index in [0.717, 1.165) is 0 Å². The SMILES string of the molecule is CN1C(=O)/C(=C\c2ccc(Cn3cc(Br)c([N+](=O)[O-])n3)o2)NC1=S. The van der Waals surface area contributed by atoms with E-state index in [1.165, 1.54) is 15.8 Å². The van der Waals surface area contributed by atoms with Gasteiger partial charge in [0.1, 0.15) is 28.2 Å². The Morgan fingerprint density at radius 1 is 1.54 bits per heavy atom. The first-order valence-electron chi connectivity index (χ1n) is 6.62. The minimum atomic E-state index is -0.574.